The maximum atomic E-state index is 11.4. The van der Waals surface area contributed by atoms with Gasteiger partial charge in [-0.25, -0.2) is 4.48 Å². The van der Waals surface area contributed by atoms with Gasteiger partial charge in [0, 0.05) is 12.1 Å². The van der Waals surface area contributed by atoms with E-state index in [1.165, 1.54) is 0 Å². The molecule has 4 nitrogen and oxygen atoms in total. The van der Waals surface area contributed by atoms with Gasteiger partial charge in [0.25, 0.3) is 6.09 Å². The molecule has 0 bridgehead atoms. The largest absolute Gasteiger partial charge is 0.498 e. The van der Waals surface area contributed by atoms with E-state index in [2.05, 4.69) is 31.7 Å². The topological polar surface area (TPSA) is 43.4 Å². The smallest absolute Gasteiger partial charge is 0.262 e. The van der Waals surface area contributed by atoms with Crippen LogP contribution in [0.2, 0.25) is 0 Å². The molecular weight excluding hydrogens is 252 g/mol. The van der Waals surface area contributed by atoms with Gasteiger partial charge >= 0.3 is 0 Å². The molecule has 2 atom stereocenters. The van der Waals surface area contributed by atoms with E-state index >= 15 is 0 Å². The lowest BCUT2D eigenvalue weighted by atomic mass is 10.1. The Bertz CT molecular complexity index is 458. The summed E-state index contributed by atoms with van der Waals surface area (Å²) in [4.78, 5) is 13.8. The van der Waals surface area contributed by atoms with Gasteiger partial charge in [0.15, 0.2) is 0 Å². The molecule has 4 heteroatoms. The molecule has 0 aromatic heterocycles. The van der Waals surface area contributed by atoms with Crippen LogP contribution < -0.4 is 9.59 Å². The molecule has 1 aromatic carbocycles. The number of quaternary nitrogens is 1. The molecule has 0 saturated carbocycles. The monoisotopic (exact) mass is 278 g/mol. The summed E-state index contributed by atoms with van der Waals surface area (Å²) in [5.74, 6) is 0. The molecule has 0 radical (unpaired) electrons. The van der Waals surface area contributed by atoms with Crippen LogP contribution >= 0.6 is 0 Å². The standard InChI is InChI=1S/C16H26N2O2/c1-6-17(7-2)13(4)14-10-9-11-15(12-14)18(5,8-3)16(19)20/h9-13H,6-8H2,1-5H3. The zero-order valence-corrected chi connectivity index (χ0v) is 13.2. The van der Waals surface area contributed by atoms with Crippen molar-refractivity contribution in [2.45, 2.75) is 33.7 Å². The molecule has 1 amide bonds. The predicted molar refractivity (Wildman–Crippen MR) is 81.4 cm³/mol. The zero-order chi connectivity index (χ0) is 15.3. The highest BCUT2D eigenvalue weighted by molar-refractivity contribution is 5.78. The van der Waals surface area contributed by atoms with Gasteiger partial charge in [-0.3, -0.25) is 4.90 Å². The average Bonchev–Trinajstić information content (AvgIpc) is 2.47. The molecule has 2 unspecified atom stereocenters. The predicted octanol–water partition coefficient (Wildman–Crippen LogP) is 2.39. The molecule has 20 heavy (non-hydrogen) atoms. The molecule has 1 rings (SSSR count). The molecule has 0 aliphatic carbocycles. The normalized spacial score (nSPS) is 15.9. The third-order valence-corrected chi connectivity index (χ3v) is 4.32. The lowest BCUT2D eigenvalue weighted by Crippen LogP contribution is -2.57. The van der Waals surface area contributed by atoms with Crippen molar-refractivity contribution in [1.82, 2.24) is 9.38 Å². The number of hydrogen-bond acceptors (Lipinski definition) is 3. The van der Waals surface area contributed by atoms with E-state index in [4.69, 9.17) is 0 Å². The molecule has 1 aromatic rings. The van der Waals surface area contributed by atoms with Gasteiger partial charge < -0.3 is 9.90 Å². The second-order valence-electron chi connectivity index (χ2n) is 5.27. The van der Waals surface area contributed by atoms with Crippen LogP contribution in [0.1, 0.15) is 39.3 Å². The number of rotatable bonds is 6. The van der Waals surface area contributed by atoms with E-state index in [1.54, 1.807) is 7.05 Å². The second kappa shape index (κ2) is 6.86. The third-order valence-electron chi connectivity index (χ3n) is 4.32. The van der Waals surface area contributed by atoms with Gasteiger partial charge in [-0.2, -0.15) is 0 Å². The fourth-order valence-corrected chi connectivity index (χ4v) is 2.49. The van der Waals surface area contributed by atoms with Crippen molar-refractivity contribution in [3.63, 3.8) is 0 Å². The summed E-state index contributed by atoms with van der Waals surface area (Å²) in [6.45, 7) is 10.7. The molecule has 0 spiro atoms. The summed E-state index contributed by atoms with van der Waals surface area (Å²) >= 11 is 0. The summed E-state index contributed by atoms with van der Waals surface area (Å²) in [6, 6.07) is 8.11. The van der Waals surface area contributed by atoms with Crippen molar-refractivity contribution in [2.75, 3.05) is 26.7 Å². The average molecular weight is 278 g/mol. The Morgan fingerprint density at radius 3 is 2.35 bits per heavy atom. The maximum absolute atomic E-state index is 11.4. The minimum absolute atomic E-state index is 0.196. The summed E-state index contributed by atoms with van der Waals surface area (Å²) in [5, 5.41) is 11.4. The summed E-state index contributed by atoms with van der Waals surface area (Å²) < 4.78 is -0.196. The zero-order valence-electron chi connectivity index (χ0n) is 13.2. The van der Waals surface area contributed by atoms with Crippen molar-refractivity contribution in [1.29, 1.82) is 0 Å². The molecule has 112 valence electrons. The van der Waals surface area contributed by atoms with Crippen LogP contribution in [-0.4, -0.2) is 37.7 Å². The van der Waals surface area contributed by atoms with Gasteiger partial charge in [-0.05, 0) is 38.6 Å². The third kappa shape index (κ3) is 3.19. The SMILES string of the molecule is CCN(CC)C(C)c1cccc([N+](C)(CC)C(=O)[O-])c1. The Balaban J connectivity index is 3.16. The van der Waals surface area contributed by atoms with Gasteiger partial charge in [0.05, 0.1) is 13.6 Å². The van der Waals surface area contributed by atoms with Gasteiger partial charge in [-0.1, -0.05) is 26.0 Å². The number of hydrogen-bond donors (Lipinski definition) is 0. The minimum Gasteiger partial charge on any atom is -0.498 e. The minimum atomic E-state index is -1.07. The second-order valence-corrected chi connectivity index (χ2v) is 5.27. The Labute approximate surface area is 122 Å². The molecule has 0 aliphatic rings. The van der Waals surface area contributed by atoms with E-state index in [0.29, 0.717) is 6.54 Å². The first-order valence-corrected chi connectivity index (χ1v) is 7.32. The number of amides is 1. The fourth-order valence-electron chi connectivity index (χ4n) is 2.49. The fraction of sp³-hybridized carbons (Fsp3) is 0.562. The van der Waals surface area contributed by atoms with Crippen LogP contribution in [0, 0.1) is 0 Å². The molecule has 0 saturated heterocycles. The molecule has 0 fully saturated rings. The molecule has 0 heterocycles. The van der Waals surface area contributed by atoms with Crippen LogP contribution in [0.15, 0.2) is 24.3 Å². The number of nitrogens with zero attached hydrogens (tertiary/aromatic N) is 2. The number of carbonyl (C=O) groups is 1. The first kappa shape index (κ1) is 16.7. The van der Waals surface area contributed by atoms with Crippen molar-refractivity contribution in [2.24, 2.45) is 0 Å². The lowest BCUT2D eigenvalue weighted by molar-refractivity contribution is -0.262. The Morgan fingerprint density at radius 2 is 1.90 bits per heavy atom. The highest BCUT2D eigenvalue weighted by Gasteiger charge is 2.26. The maximum Gasteiger partial charge on any atom is 0.262 e. The van der Waals surface area contributed by atoms with Crippen molar-refractivity contribution >= 4 is 11.8 Å². The first-order valence-electron chi connectivity index (χ1n) is 7.32. The van der Waals surface area contributed by atoms with Crippen LogP contribution in [0.3, 0.4) is 0 Å². The summed E-state index contributed by atoms with van der Waals surface area (Å²) in [7, 11) is 1.68. The highest BCUT2D eigenvalue weighted by atomic mass is 16.4. The van der Waals surface area contributed by atoms with E-state index < -0.39 is 6.09 Å². The molecular formula is C16H26N2O2. The summed E-state index contributed by atoms with van der Waals surface area (Å²) in [6.07, 6.45) is -1.07. The number of benzene rings is 1. The van der Waals surface area contributed by atoms with Crippen molar-refractivity contribution < 1.29 is 9.90 Å². The quantitative estimate of drug-likeness (QED) is 0.750. The first-order chi connectivity index (χ1) is 9.40. The van der Waals surface area contributed by atoms with Crippen molar-refractivity contribution in [3.8, 4) is 0 Å². The Hall–Kier alpha value is -1.39. The Kier molecular flexibility index (Phi) is 5.72. The highest BCUT2D eigenvalue weighted by Crippen LogP contribution is 2.27. The van der Waals surface area contributed by atoms with E-state index in [-0.39, 0.29) is 10.5 Å². The number of carboxylic acid groups (broad SMARTS) is 1. The van der Waals surface area contributed by atoms with E-state index in [9.17, 15) is 9.90 Å². The van der Waals surface area contributed by atoms with Crippen LogP contribution in [0.25, 0.3) is 0 Å². The number of carbonyl (C=O) groups excluding carboxylic acids is 1. The van der Waals surface area contributed by atoms with E-state index in [1.807, 2.05) is 25.1 Å². The van der Waals surface area contributed by atoms with Gasteiger partial charge in [-0.15, -0.1) is 0 Å². The lowest BCUT2D eigenvalue weighted by Gasteiger charge is -2.33. The van der Waals surface area contributed by atoms with Crippen LogP contribution in [0.4, 0.5) is 10.5 Å². The van der Waals surface area contributed by atoms with Crippen LogP contribution in [0.5, 0.6) is 0 Å². The Morgan fingerprint density at radius 1 is 1.30 bits per heavy atom. The van der Waals surface area contributed by atoms with Gasteiger partial charge in [0.1, 0.15) is 5.69 Å². The van der Waals surface area contributed by atoms with Crippen LogP contribution in [-0.2, 0) is 0 Å². The molecule has 0 N–H and O–H groups in total. The van der Waals surface area contributed by atoms with Gasteiger partial charge in [0.2, 0.25) is 0 Å². The summed E-state index contributed by atoms with van der Waals surface area (Å²) in [5.41, 5.74) is 1.91. The molecule has 0 aliphatic heterocycles. The van der Waals surface area contributed by atoms with E-state index in [0.717, 1.165) is 24.3 Å². The van der Waals surface area contributed by atoms with Crippen molar-refractivity contribution in [3.05, 3.63) is 29.8 Å².